The Kier molecular flexibility index (Phi) is 6.72. The van der Waals surface area contributed by atoms with Crippen LogP contribution in [0.5, 0.6) is 5.75 Å². The van der Waals surface area contributed by atoms with E-state index in [1.54, 1.807) is 13.4 Å². The maximum atomic E-state index is 12.0. The van der Waals surface area contributed by atoms with Crippen LogP contribution in [0.1, 0.15) is 30.6 Å². The van der Waals surface area contributed by atoms with Crippen molar-refractivity contribution in [1.82, 2.24) is 10.2 Å². The summed E-state index contributed by atoms with van der Waals surface area (Å²) < 4.78 is 10.5. The number of aryl methyl sites for hydroxylation is 1. The molecule has 1 saturated heterocycles. The van der Waals surface area contributed by atoms with Gasteiger partial charge in [-0.1, -0.05) is 12.1 Å². The Bertz CT molecular complexity index is 659. The fourth-order valence-electron chi connectivity index (χ4n) is 3.38. The third-order valence-electron chi connectivity index (χ3n) is 5.04. The zero-order chi connectivity index (χ0) is 18.2. The van der Waals surface area contributed by atoms with Gasteiger partial charge in [0.05, 0.1) is 13.4 Å². The van der Waals surface area contributed by atoms with E-state index >= 15 is 0 Å². The molecule has 5 nitrogen and oxygen atoms in total. The molecule has 2 aromatic rings. The van der Waals surface area contributed by atoms with E-state index < -0.39 is 0 Å². The second-order valence-corrected chi connectivity index (χ2v) is 6.95. The van der Waals surface area contributed by atoms with Crippen molar-refractivity contribution in [3.8, 4) is 5.75 Å². The zero-order valence-electron chi connectivity index (χ0n) is 15.4. The van der Waals surface area contributed by atoms with Crippen LogP contribution in [0.3, 0.4) is 0 Å². The molecule has 0 spiro atoms. The minimum Gasteiger partial charge on any atom is -0.497 e. The number of piperidine rings is 1. The minimum atomic E-state index is 0.113. The van der Waals surface area contributed by atoms with E-state index in [4.69, 9.17) is 9.15 Å². The Hall–Kier alpha value is -2.27. The number of benzene rings is 1. The summed E-state index contributed by atoms with van der Waals surface area (Å²) in [5, 5.41) is 3.08. The largest absolute Gasteiger partial charge is 0.497 e. The number of carbonyl (C=O) groups is 1. The van der Waals surface area contributed by atoms with E-state index in [1.807, 2.05) is 24.3 Å². The molecule has 0 saturated carbocycles. The molecule has 1 aliphatic rings. The fourth-order valence-corrected chi connectivity index (χ4v) is 3.38. The van der Waals surface area contributed by atoms with Crippen LogP contribution >= 0.6 is 0 Å². The van der Waals surface area contributed by atoms with Crippen molar-refractivity contribution in [3.05, 3.63) is 54.0 Å². The van der Waals surface area contributed by atoms with Crippen LogP contribution in [-0.2, 0) is 17.8 Å². The SMILES string of the molecule is COc1ccc(CN2CCC(CNC(=O)CCc3ccco3)CC2)cc1. The van der Waals surface area contributed by atoms with Gasteiger partial charge in [0.15, 0.2) is 0 Å². The lowest BCUT2D eigenvalue weighted by atomic mass is 9.96. The third kappa shape index (κ3) is 5.63. The number of furan rings is 1. The highest BCUT2D eigenvalue weighted by molar-refractivity contribution is 5.76. The van der Waals surface area contributed by atoms with Crippen LogP contribution in [0, 0.1) is 5.92 Å². The van der Waals surface area contributed by atoms with Gasteiger partial charge in [0.25, 0.3) is 0 Å². The van der Waals surface area contributed by atoms with Crippen molar-refractivity contribution >= 4 is 5.91 Å². The predicted octanol–water partition coefficient (Wildman–Crippen LogP) is 3.25. The van der Waals surface area contributed by atoms with Gasteiger partial charge in [0.2, 0.25) is 5.91 Å². The number of nitrogens with one attached hydrogen (secondary N) is 1. The highest BCUT2D eigenvalue weighted by Crippen LogP contribution is 2.19. The molecule has 2 heterocycles. The van der Waals surface area contributed by atoms with Crippen LogP contribution in [0.4, 0.5) is 0 Å². The lowest BCUT2D eigenvalue weighted by Gasteiger charge is -2.32. The minimum absolute atomic E-state index is 0.113. The quantitative estimate of drug-likeness (QED) is 0.789. The Balaban J connectivity index is 1.32. The van der Waals surface area contributed by atoms with Crippen molar-refractivity contribution in [3.63, 3.8) is 0 Å². The number of methoxy groups -OCH3 is 1. The van der Waals surface area contributed by atoms with Gasteiger partial charge in [0, 0.05) is 25.9 Å². The second-order valence-electron chi connectivity index (χ2n) is 6.95. The van der Waals surface area contributed by atoms with Gasteiger partial charge in [-0.25, -0.2) is 0 Å². The highest BCUT2D eigenvalue weighted by atomic mass is 16.5. The van der Waals surface area contributed by atoms with E-state index in [0.717, 1.165) is 50.5 Å². The van der Waals surface area contributed by atoms with Gasteiger partial charge in [-0.2, -0.15) is 0 Å². The molecule has 5 heteroatoms. The molecule has 1 aromatic carbocycles. The average molecular weight is 356 g/mol. The van der Waals surface area contributed by atoms with Crippen molar-refractivity contribution in [2.45, 2.75) is 32.2 Å². The van der Waals surface area contributed by atoms with Crippen molar-refractivity contribution in [1.29, 1.82) is 0 Å². The summed E-state index contributed by atoms with van der Waals surface area (Å²) in [5.41, 5.74) is 1.32. The monoisotopic (exact) mass is 356 g/mol. The Morgan fingerprint density at radius 1 is 1.23 bits per heavy atom. The molecule has 3 rings (SSSR count). The molecule has 0 bridgehead atoms. The van der Waals surface area contributed by atoms with Gasteiger partial charge in [-0.05, 0) is 61.7 Å². The smallest absolute Gasteiger partial charge is 0.220 e. The molecular weight excluding hydrogens is 328 g/mol. The molecule has 0 unspecified atom stereocenters. The van der Waals surface area contributed by atoms with E-state index in [1.165, 1.54) is 5.56 Å². The fraction of sp³-hybridized carbons (Fsp3) is 0.476. The first-order chi connectivity index (χ1) is 12.7. The molecule has 26 heavy (non-hydrogen) atoms. The van der Waals surface area contributed by atoms with Crippen LogP contribution < -0.4 is 10.1 Å². The number of amides is 1. The van der Waals surface area contributed by atoms with Crippen LogP contribution in [0.15, 0.2) is 47.1 Å². The Labute approximate surface area is 155 Å². The van der Waals surface area contributed by atoms with Gasteiger partial charge < -0.3 is 14.5 Å². The van der Waals surface area contributed by atoms with E-state index in [-0.39, 0.29) is 5.91 Å². The van der Waals surface area contributed by atoms with Crippen LogP contribution in [-0.4, -0.2) is 37.6 Å². The molecule has 0 aliphatic carbocycles. The van der Waals surface area contributed by atoms with Gasteiger partial charge in [-0.3, -0.25) is 9.69 Å². The summed E-state index contributed by atoms with van der Waals surface area (Å²) >= 11 is 0. The molecule has 1 fully saturated rings. The first-order valence-corrected chi connectivity index (χ1v) is 9.37. The summed E-state index contributed by atoms with van der Waals surface area (Å²) in [7, 11) is 1.69. The van der Waals surface area contributed by atoms with Crippen molar-refractivity contribution < 1.29 is 13.9 Å². The number of ether oxygens (including phenoxy) is 1. The molecule has 1 amide bonds. The predicted molar refractivity (Wildman–Crippen MR) is 101 cm³/mol. The summed E-state index contributed by atoms with van der Waals surface area (Å²) in [6.07, 6.45) is 5.07. The normalized spacial score (nSPS) is 15.7. The molecule has 1 aliphatic heterocycles. The molecule has 1 aromatic heterocycles. The standard InChI is InChI=1S/C21H28N2O3/c1-25-19-6-4-18(5-7-19)16-23-12-10-17(11-13-23)15-22-21(24)9-8-20-3-2-14-26-20/h2-7,14,17H,8-13,15-16H2,1H3,(H,22,24). The lowest BCUT2D eigenvalue weighted by molar-refractivity contribution is -0.121. The van der Waals surface area contributed by atoms with Crippen molar-refractivity contribution in [2.24, 2.45) is 5.92 Å². The summed E-state index contributed by atoms with van der Waals surface area (Å²) in [6, 6.07) is 12.0. The number of hydrogen-bond acceptors (Lipinski definition) is 4. The van der Waals surface area contributed by atoms with Crippen LogP contribution in [0.2, 0.25) is 0 Å². The summed E-state index contributed by atoms with van der Waals surface area (Å²) in [4.78, 5) is 14.4. The van der Waals surface area contributed by atoms with Crippen LogP contribution in [0.25, 0.3) is 0 Å². The van der Waals surface area contributed by atoms with E-state index in [0.29, 0.717) is 18.8 Å². The van der Waals surface area contributed by atoms with E-state index in [2.05, 4.69) is 22.3 Å². The van der Waals surface area contributed by atoms with E-state index in [9.17, 15) is 4.79 Å². The second kappa shape index (κ2) is 9.43. The number of likely N-dealkylation sites (tertiary alicyclic amines) is 1. The highest BCUT2D eigenvalue weighted by Gasteiger charge is 2.19. The zero-order valence-corrected chi connectivity index (χ0v) is 15.4. The molecular formula is C21H28N2O3. The third-order valence-corrected chi connectivity index (χ3v) is 5.04. The molecule has 0 atom stereocenters. The molecule has 0 radical (unpaired) electrons. The average Bonchev–Trinajstić information content (AvgIpc) is 3.20. The Morgan fingerprint density at radius 2 is 2.00 bits per heavy atom. The maximum absolute atomic E-state index is 12.0. The first kappa shape index (κ1) is 18.5. The first-order valence-electron chi connectivity index (χ1n) is 9.37. The van der Waals surface area contributed by atoms with Gasteiger partial charge in [0.1, 0.15) is 11.5 Å². The molecule has 1 N–H and O–H groups in total. The number of rotatable bonds is 8. The lowest BCUT2D eigenvalue weighted by Crippen LogP contribution is -2.38. The summed E-state index contributed by atoms with van der Waals surface area (Å²) in [6.45, 7) is 3.93. The summed E-state index contributed by atoms with van der Waals surface area (Å²) in [5.74, 6) is 2.46. The topological polar surface area (TPSA) is 54.7 Å². The van der Waals surface area contributed by atoms with Gasteiger partial charge >= 0.3 is 0 Å². The Morgan fingerprint density at radius 3 is 2.65 bits per heavy atom. The number of hydrogen-bond donors (Lipinski definition) is 1. The number of nitrogens with zero attached hydrogens (tertiary/aromatic N) is 1. The number of carbonyl (C=O) groups excluding carboxylic acids is 1. The maximum Gasteiger partial charge on any atom is 0.220 e. The van der Waals surface area contributed by atoms with Gasteiger partial charge in [-0.15, -0.1) is 0 Å². The molecule has 140 valence electrons. The van der Waals surface area contributed by atoms with Crippen molar-refractivity contribution in [2.75, 3.05) is 26.7 Å².